The zero-order valence-corrected chi connectivity index (χ0v) is 15.0. The van der Waals surface area contributed by atoms with Crippen LogP contribution >= 0.6 is 0 Å². The van der Waals surface area contributed by atoms with Gasteiger partial charge in [0.25, 0.3) is 0 Å². The van der Waals surface area contributed by atoms with Gasteiger partial charge in [-0.05, 0) is 56.2 Å². The van der Waals surface area contributed by atoms with E-state index in [0.717, 1.165) is 18.4 Å². The van der Waals surface area contributed by atoms with Gasteiger partial charge in [0, 0.05) is 6.42 Å². The number of ether oxygens (including phenoxy) is 2. The third kappa shape index (κ3) is 3.63. The minimum absolute atomic E-state index is 0.0602. The monoisotopic (exact) mass is 359 g/mol. The summed E-state index contributed by atoms with van der Waals surface area (Å²) in [7, 11) is 1.57. The summed E-state index contributed by atoms with van der Waals surface area (Å²) in [4.78, 5) is 11.2. The van der Waals surface area contributed by atoms with Gasteiger partial charge in [0.15, 0.2) is 11.5 Å². The van der Waals surface area contributed by atoms with Crippen LogP contribution in [-0.2, 0) is 10.2 Å². The van der Waals surface area contributed by atoms with Crippen LogP contribution in [0.25, 0.3) is 0 Å². The van der Waals surface area contributed by atoms with Crippen LogP contribution in [0.4, 0.5) is 0 Å². The summed E-state index contributed by atoms with van der Waals surface area (Å²) < 4.78 is 11.5. The first-order valence-electron chi connectivity index (χ1n) is 9.15. The predicted molar refractivity (Wildman–Crippen MR) is 94.2 cm³/mol. The molecule has 2 N–H and O–H groups in total. The number of carbonyl (C=O) groups is 1. The number of hydrogen-bond donors (Lipinski definition) is 2. The highest BCUT2D eigenvalue weighted by molar-refractivity contribution is 5.70. The van der Waals surface area contributed by atoms with E-state index in [-0.39, 0.29) is 18.1 Å². The molecule has 0 heterocycles. The molecule has 0 radical (unpaired) electrons. The van der Waals surface area contributed by atoms with Crippen molar-refractivity contribution in [1.29, 1.82) is 5.26 Å². The molecule has 0 unspecified atom stereocenters. The average molecular weight is 359 g/mol. The second-order valence-electron chi connectivity index (χ2n) is 7.38. The zero-order chi connectivity index (χ0) is 18.7. The van der Waals surface area contributed by atoms with E-state index in [4.69, 9.17) is 9.47 Å². The lowest BCUT2D eigenvalue weighted by Gasteiger charge is -2.34. The number of aliphatic carboxylic acids is 1. The molecule has 2 fully saturated rings. The van der Waals surface area contributed by atoms with E-state index in [0.29, 0.717) is 43.6 Å². The highest BCUT2D eigenvalue weighted by atomic mass is 16.5. The van der Waals surface area contributed by atoms with Gasteiger partial charge in [0.05, 0.1) is 30.6 Å². The second-order valence-corrected chi connectivity index (χ2v) is 7.38. The number of hydrogen-bond acceptors (Lipinski definition) is 5. The van der Waals surface area contributed by atoms with Gasteiger partial charge in [-0.3, -0.25) is 4.79 Å². The standard InChI is InChI=1S/C20H25NO5/c1-25-17-5-2-14(10-18(17)26-16-4-3-15(22)11-16)20(12-21)8-6-13(7-9-20)19(23)24/h2,5,10,13,15-16,22H,3-4,6-9,11H2,1H3,(H,23,24)/t13?,15-,16-,20?/m0/s1. The molecular weight excluding hydrogens is 334 g/mol. The van der Waals surface area contributed by atoms with E-state index < -0.39 is 11.4 Å². The van der Waals surface area contributed by atoms with Crippen LogP contribution in [0.5, 0.6) is 11.5 Å². The van der Waals surface area contributed by atoms with Crippen molar-refractivity contribution in [2.24, 2.45) is 5.92 Å². The van der Waals surface area contributed by atoms with E-state index in [1.165, 1.54) is 0 Å². The molecule has 2 saturated carbocycles. The van der Waals surface area contributed by atoms with E-state index in [1.807, 2.05) is 12.1 Å². The van der Waals surface area contributed by atoms with E-state index >= 15 is 0 Å². The molecule has 0 bridgehead atoms. The first kappa shape index (κ1) is 18.5. The Bertz CT molecular complexity index is 703. The van der Waals surface area contributed by atoms with Gasteiger partial charge in [0.1, 0.15) is 6.10 Å². The Balaban J connectivity index is 1.84. The number of rotatable bonds is 5. The Kier molecular flexibility index (Phi) is 5.38. The van der Waals surface area contributed by atoms with Crippen molar-refractivity contribution in [2.45, 2.75) is 62.6 Å². The summed E-state index contributed by atoms with van der Waals surface area (Å²) in [5.74, 6) is 0.0297. The molecule has 26 heavy (non-hydrogen) atoms. The first-order chi connectivity index (χ1) is 12.5. The number of aliphatic hydroxyl groups is 1. The molecule has 6 nitrogen and oxygen atoms in total. The fourth-order valence-electron chi connectivity index (χ4n) is 4.09. The molecule has 2 aliphatic carbocycles. The number of methoxy groups -OCH3 is 1. The quantitative estimate of drug-likeness (QED) is 0.838. The molecular formula is C20H25NO5. The molecule has 2 aliphatic rings. The van der Waals surface area contributed by atoms with Gasteiger partial charge in [-0.1, -0.05) is 6.07 Å². The molecule has 2 atom stereocenters. The number of nitriles is 1. The maximum Gasteiger partial charge on any atom is 0.306 e. The molecule has 3 rings (SSSR count). The zero-order valence-electron chi connectivity index (χ0n) is 15.0. The molecule has 1 aromatic rings. The lowest BCUT2D eigenvalue weighted by molar-refractivity contribution is -0.143. The minimum atomic E-state index is -0.782. The molecule has 0 aliphatic heterocycles. The Morgan fingerprint density at radius 1 is 1.23 bits per heavy atom. The Morgan fingerprint density at radius 3 is 2.50 bits per heavy atom. The Hall–Kier alpha value is -2.26. The van der Waals surface area contributed by atoms with Gasteiger partial charge in [-0.15, -0.1) is 0 Å². The highest BCUT2D eigenvalue weighted by Crippen LogP contribution is 2.44. The Labute approximate surface area is 153 Å². The molecule has 1 aromatic carbocycles. The van der Waals surface area contributed by atoms with Gasteiger partial charge < -0.3 is 19.7 Å². The van der Waals surface area contributed by atoms with E-state index in [1.54, 1.807) is 13.2 Å². The van der Waals surface area contributed by atoms with Crippen LogP contribution in [0.2, 0.25) is 0 Å². The SMILES string of the molecule is COc1ccc(C2(C#N)CCC(C(=O)O)CC2)cc1O[C@H]1CC[C@H](O)C1. The summed E-state index contributed by atoms with van der Waals surface area (Å²) in [5, 5.41) is 28.8. The van der Waals surface area contributed by atoms with Crippen molar-refractivity contribution < 1.29 is 24.5 Å². The number of aliphatic hydroxyl groups excluding tert-OH is 1. The predicted octanol–water partition coefficient (Wildman–Crippen LogP) is 3.02. The van der Waals surface area contributed by atoms with Crippen LogP contribution in [-0.4, -0.2) is 35.5 Å². The van der Waals surface area contributed by atoms with Gasteiger partial charge >= 0.3 is 5.97 Å². The van der Waals surface area contributed by atoms with Crippen molar-refractivity contribution in [1.82, 2.24) is 0 Å². The van der Waals surface area contributed by atoms with Crippen molar-refractivity contribution in [3.63, 3.8) is 0 Å². The number of nitrogens with zero attached hydrogens (tertiary/aromatic N) is 1. The van der Waals surface area contributed by atoms with Crippen molar-refractivity contribution in [3.8, 4) is 17.6 Å². The molecule has 140 valence electrons. The Morgan fingerprint density at radius 2 is 1.96 bits per heavy atom. The lowest BCUT2D eigenvalue weighted by atomic mass is 9.67. The van der Waals surface area contributed by atoms with Crippen LogP contribution in [0.15, 0.2) is 18.2 Å². The fraction of sp³-hybridized carbons (Fsp3) is 0.600. The first-order valence-corrected chi connectivity index (χ1v) is 9.15. The summed E-state index contributed by atoms with van der Waals surface area (Å²) in [6.45, 7) is 0. The molecule has 6 heteroatoms. The molecule has 0 saturated heterocycles. The van der Waals surface area contributed by atoms with Gasteiger partial charge in [-0.25, -0.2) is 0 Å². The van der Waals surface area contributed by atoms with E-state index in [9.17, 15) is 20.3 Å². The third-order valence-corrected chi connectivity index (χ3v) is 5.77. The van der Waals surface area contributed by atoms with E-state index in [2.05, 4.69) is 6.07 Å². The summed E-state index contributed by atoms with van der Waals surface area (Å²) in [6.07, 6.45) is 3.77. The van der Waals surface area contributed by atoms with Crippen LogP contribution < -0.4 is 9.47 Å². The van der Waals surface area contributed by atoms with Gasteiger partial charge in [-0.2, -0.15) is 5.26 Å². The summed E-state index contributed by atoms with van der Waals surface area (Å²) >= 11 is 0. The molecule has 0 amide bonds. The van der Waals surface area contributed by atoms with Crippen LogP contribution in [0.1, 0.15) is 50.5 Å². The summed E-state index contributed by atoms with van der Waals surface area (Å²) in [6, 6.07) is 7.96. The van der Waals surface area contributed by atoms with Crippen LogP contribution in [0, 0.1) is 17.2 Å². The molecule has 0 spiro atoms. The lowest BCUT2D eigenvalue weighted by Crippen LogP contribution is -2.33. The normalized spacial score (nSPS) is 31.2. The highest BCUT2D eigenvalue weighted by Gasteiger charge is 2.39. The topological polar surface area (TPSA) is 99.8 Å². The molecule has 0 aromatic heterocycles. The minimum Gasteiger partial charge on any atom is -0.493 e. The number of carboxylic acid groups (broad SMARTS) is 1. The smallest absolute Gasteiger partial charge is 0.306 e. The van der Waals surface area contributed by atoms with Crippen molar-refractivity contribution in [2.75, 3.05) is 7.11 Å². The largest absolute Gasteiger partial charge is 0.493 e. The number of carboxylic acids is 1. The summed E-state index contributed by atoms with van der Waals surface area (Å²) in [5.41, 5.74) is 0.157. The fourth-order valence-corrected chi connectivity index (χ4v) is 4.09. The maximum atomic E-state index is 11.2. The maximum absolute atomic E-state index is 11.2. The van der Waals surface area contributed by atoms with Gasteiger partial charge in [0.2, 0.25) is 0 Å². The van der Waals surface area contributed by atoms with Crippen molar-refractivity contribution in [3.05, 3.63) is 23.8 Å². The second kappa shape index (κ2) is 7.55. The van der Waals surface area contributed by atoms with Crippen LogP contribution in [0.3, 0.4) is 0 Å². The number of benzene rings is 1. The average Bonchev–Trinajstić information content (AvgIpc) is 3.06. The van der Waals surface area contributed by atoms with Crippen molar-refractivity contribution >= 4 is 5.97 Å². The third-order valence-electron chi connectivity index (χ3n) is 5.77.